The van der Waals surface area contributed by atoms with Gasteiger partial charge in [-0.05, 0) is 13.8 Å². The summed E-state index contributed by atoms with van der Waals surface area (Å²) in [5.41, 5.74) is 0.406. The predicted octanol–water partition coefficient (Wildman–Crippen LogP) is 2.16. The fourth-order valence-electron chi connectivity index (χ4n) is 1.64. The number of rotatable bonds is 6. The van der Waals surface area contributed by atoms with Crippen molar-refractivity contribution in [1.29, 1.82) is 0 Å². The van der Waals surface area contributed by atoms with Crippen molar-refractivity contribution in [3.8, 4) is 0 Å². The molecule has 0 aliphatic heterocycles. The molecule has 0 saturated carbocycles. The van der Waals surface area contributed by atoms with Crippen molar-refractivity contribution >= 4 is 23.4 Å². The highest BCUT2D eigenvalue weighted by Gasteiger charge is 2.27. The van der Waals surface area contributed by atoms with Crippen LogP contribution in [0.1, 0.15) is 26.0 Å². The number of nitrogens with zero attached hydrogens (tertiary/aromatic N) is 3. The Morgan fingerprint density at radius 1 is 1.63 bits per heavy atom. The van der Waals surface area contributed by atoms with Crippen LogP contribution in [0.15, 0.2) is 5.03 Å². The zero-order valence-corrected chi connectivity index (χ0v) is 12.2. The molecule has 1 aromatic heterocycles. The van der Waals surface area contributed by atoms with Crippen LogP contribution in [0.5, 0.6) is 0 Å². The molecular weight excluding hydrogens is 270 g/mol. The molecule has 19 heavy (non-hydrogen) atoms. The molecule has 7 nitrogen and oxygen atoms in total. The zero-order valence-electron chi connectivity index (χ0n) is 11.4. The van der Waals surface area contributed by atoms with E-state index in [1.165, 1.54) is 18.9 Å². The summed E-state index contributed by atoms with van der Waals surface area (Å²) in [6, 6.07) is 0. The van der Waals surface area contributed by atoms with Gasteiger partial charge in [0.2, 0.25) is 0 Å². The predicted molar refractivity (Wildman–Crippen MR) is 71.2 cm³/mol. The van der Waals surface area contributed by atoms with Gasteiger partial charge in [0.1, 0.15) is 5.69 Å². The maximum atomic E-state index is 11.2. The summed E-state index contributed by atoms with van der Waals surface area (Å²) < 4.78 is 6.18. The lowest BCUT2D eigenvalue weighted by molar-refractivity contribution is -0.388. The molecule has 0 fully saturated rings. The van der Waals surface area contributed by atoms with E-state index < -0.39 is 4.92 Å². The Morgan fingerprint density at radius 3 is 2.74 bits per heavy atom. The van der Waals surface area contributed by atoms with Gasteiger partial charge in [0, 0.05) is 11.8 Å². The lowest BCUT2D eigenvalue weighted by Crippen LogP contribution is -2.10. The van der Waals surface area contributed by atoms with E-state index >= 15 is 0 Å². The number of aromatic nitrogens is 2. The van der Waals surface area contributed by atoms with E-state index in [0.29, 0.717) is 17.3 Å². The fourth-order valence-corrected chi connectivity index (χ4v) is 2.87. The number of carbonyl (C=O) groups is 1. The van der Waals surface area contributed by atoms with Crippen molar-refractivity contribution in [2.24, 2.45) is 0 Å². The zero-order chi connectivity index (χ0) is 14.6. The van der Waals surface area contributed by atoms with Gasteiger partial charge in [-0.3, -0.25) is 19.6 Å². The van der Waals surface area contributed by atoms with Crippen LogP contribution in [-0.2, 0) is 16.1 Å². The molecule has 8 heteroatoms. The first-order chi connectivity index (χ1) is 8.90. The standard InChI is InChI=1S/C11H17N3O4S/c1-5-13-11(10(14(16)17)8(3)12-13)19-7(2)6-9(15)18-4/h7H,5-6H2,1-4H3. The minimum atomic E-state index is -0.429. The van der Waals surface area contributed by atoms with Crippen LogP contribution in [0, 0.1) is 17.0 Å². The molecule has 0 amide bonds. The molecule has 0 N–H and O–H groups in total. The van der Waals surface area contributed by atoms with Crippen molar-refractivity contribution in [1.82, 2.24) is 9.78 Å². The van der Waals surface area contributed by atoms with Gasteiger partial charge in [0.05, 0.1) is 18.5 Å². The maximum Gasteiger partial charge on any atom is 0.323 e. The largest absolute Gasteiger partial charge is 0.469 e. The van der Waals surface area contributed by atoms with E-state index in [1.807, 2.05) is 13.8 Å². The second kappa shape index (κ2) is 6.55. The average Bonchev–Trinajstić information content (AvgIpc) is 2.64. The summed E-state index contributed by atoms with van der Waals surface area (Å²) >= 11 is 1.27. The van der Waals surface area contributed by atoms with Crippen molar-refractivity contribution in [3.63, 3.8) is 0 Å². The van der Waals surface area contributed by atoms with Crippen molar-refractivity contribution in [2.45, 2.75) is 44.0 Å². The van der Waals surface area contributed by atoms with E-state index in [-0.39, 0.29) is 23.3 Å². The topological polar surface area (TPSA) is 87.3 Å². The second-order valence-electron chi connectivity index (χ2n) is 4.02. The Balaban J connectivity index is 2.98. The molecule has 0 bridgehead atoms. The number of hydrogen-bond acceptors (Lipinski definition) is 6. The Morgan fingerprint density at radius 2 is 2.26 bits per heavy atom. The summed E-state index contributed by atoms with van der Waals surface area (Å²) in [6.45, 7) is 5.85. The number of thioether (sulfide) groups is 1. The molecule has 1 aromatic rings. The molecule has 1 unspecified atom stereocenters. The molecule has 1 atom stereocenters. The van der Waals surface area contributed by atoms with Crippen LogP contribution in [-0.4, -0.2) is 33.0 Å². The second-order valence-corrected chi connectivity index (χ2v) is 5.45. The summed E-state index contributed by atoms with van der Waals surface area (Å²) in [4.78, 5) is 21.8. The summed E-state index contributed by atoms with van der Waals surface area (Å²) in [5, 5.41) is 15.6. The van der Waals surface area contributed by atoms with Gasteiger partial charge in [-0.25, -0.2) is 0 Å². The molecule has 1 rings (SSSR count). The fraction of sp³-hybridized carbons (Fsp3) is 0.636. The lowest BCUT2D eigenvalue weighted by Gasteiger charge is -2.10. The quantitative estimate of drug-likeness (QED) is 0.345. The summed E-state index contributed by atoms with van der Waals surface area (Å²) in [7, 11) is 1.32. The molecule has 106 valence electrons. The van der Waals surface area contributed by atoms with Gasteiger partial charge < -0.3 is 4.74 Å². The number of ether oxygens (including phenoxy) is 1. The third-order valence-electron chi connectivity index (χ3n) is 2.53. The van der Waals surface area contributed by atoms with E-state index in [2.05, 4.69) is 9.84 Å². The molecular formula is C11H17N3O4S. The number of methoxy groups -OCH3 is 1. The summed E-state index contributed by atoms with van der Waals surface area (Å²) in [5.74, 6) is -0.332. The third kappa shape index (κ3) is 3.69. The Bertz CT molecular complexity index is 487. The van der Waals surface area contributed by atoms with E-state index in [0.717, 1.165) is 0 Å². The highest BCUT2D eigenvalue weighted by atomic mass is 32.2. The molecule has 0 aliphatic carbocycles. The Labute approximate surface area is 115 Å². The number of carbonyl (C=O) groups excluding carboxylic acids is 1. The monoisotopic (exact) mass is 287 g/mol. The van der Waals surface area contributed by atoms with Gasteiger partial charge in [-0.1, -0.05) is 18.7 Å². The normalized spacial score (nSPS) is 12.2. The van der Waals surface area contributed by atoms with Gasteiger partial charge >= 0.3 is 11.7 Å². The van der Waals surface area contributed by atoms with Crippen molar-refractivity contribution < 1.29 is 14.5 Å². The molecule has 0 radical (unpaired) electrons. The van der Waals surface area contributed by atoms with Gasteiger partial charge in [-0.15, -0.1) is 0 Å². The third-order valence-corrected chi connectivity index (χ3v) is 3.72. The molecule has 0 aliphatic rings. The minimum absolute atomic E-state index is 0.0172. The Hall–Kier alpha value is -1.57. The van der Waals surface area contributed by atoms with Gasteiger partial charge in [-0.2, -0.15) is 5.10 Å². The lowest BCUT2D eigenvalue weighted by atomic mass is 10.3. The highest BCUT2D eigenvalue weighted by Crippen LogP contribution is 2.35. The first-order valence-electron chi connectivity index (χ1n) is 5.85. The number of nitro groups is 1. The van der Waals surface area contributed by atoms with E-state index in [9.17, 15) is 14.9 Å². The number of hydrogen-bond donors (Lipinski definition) is 0. The average molecular weight is 287 g/mol. The van der Waals surface area contributed by atoms with Crippen LogP contribution in [0.4, 0.5) is 5.69 Å². The molecule has 0 saturated heterocycles. The smallest absolute Gasteiger partial charge is 0.323 e. The molecule has 0 spiro atoms. The van der Waals surface area contributed by atoms with E-state index in [1.54, 1.807) is 11.6 Å². The van der Waals surface area contributed by atoms with Crippen LogP contribution in [0.3, 0.4) is 0 Å². The summed E-state index contributed by atoms with van der Waals surface area (Å²) in [6.07, 6.45) is 0.201. The van der Waals surface area contributed by atoms with Crippen LogP contribution in [0.2, 0.25) is 0 Å². The van der Waals surface area contributed by atoms with Crippen molar-refractivity contribution in [2.75, 3.05) is 7.11 Å². The first kappa shape index (κ1) is 15.5. The van der Waals surface area contributed by atoms with Gasteiger partial charge in [0.25, 0.3) is 0 Å². The van der Waals surface area contributed by atoms with Crippen LogP contribution in [0.25, 0.3) is 0 Å². The maximum absolute atomic E-state index is 11.2. The number of esters is 1. The minimum Gasteiger partial charge on any atom is -0.469 e. The van der Waals surface area contributed by atoms with Crippen LogP contribution < -0.4 is 0 Å². The first-order valence-corrected chi connectivity index (χ1v) is 6.73. The SMILES string of the molecule is CCn1nc(C)c([N+](=O)[O-])c1SC(C)CC(=O)OC. The van der Waals surface area contributed by atoms with E-state index in [4.69, 9.17) is 0 Å². The molecule has 0 aromatic carbocycles. The van der Waals surface area contributed by atoms with Crippen LogP contribution >= 0.6 is 11.8 Å². The van der Waals surface area contributed by atoms with Crippen molar-refractivity contribution in [3.05, 3.63) is 15.8 Å². The molecule has 1 heterocycles. The highest BCUT2D eigenvalue weighted by molar-refractivity contribution is 8.00. The number of aryl methyl sites for hydroxylation is 2. The van der Waals surface area contributed by atoms with Gasteiger partial charge in [0.15, 0.2) is 5.03 Å². The Kier molecular flexibility index (Phi) is 5.34.